The lowest BCUT2D eigenvalue weighted by Gasteiger charge is -2.24. The quantitative estimate of drug-likeness (QED) is 0.439. The maximum atomic E-state index is 13.4. The Kier molecular flexibility index (Phi) is 8.43. The van der Waals surface area contributed by atoms with E-state index < -0.39 is 0 Å². The van der Waals surface area contributed by atoms with Crippen molar-refractivity contribution < 1.29 is 4.79 Å². The number of likely N-dealkylation sites (N-methyl/N-ethyl adjacent to an activating group) is 1. The van der Waals surface area contributed by atoms with Crippen molar-refractivity contribution in [1.82, 2.24) is 14.9 Å². The normalized spacial score (nSPS) is 11.1. The molecule has 158 valence electrons. The first-order chi connectivity index (χ1) is 13.3. The van der Waals surface area contributed by atoms with E-state index in [1.54, 1.807) is 4.90 Å². The van der Waals surface area contributed by atoms with E-state index in [2.05, 4.69) is 23.7 Å². The zero-order chi connectivity index (χ0) is 20.4. The highest BCUT2D eigenvalue weighted by Crippen LogP contribution is 2.34. The SMILES string of the molecule is CCN(CC)CCN(C(=O)c1sc(C)nc1C)c1nc2c(C)c(Cl)ccc2s1.Cl. The molecule has 2 heterocycles. The van der Waals surface area contributed by atoms with Gasteiger partial charge in [0.1, 0.15) is 4.88 Å². The summed E-state index contributed by atoms with van der Waals surface area (Å²) in [7, 11) is 0. The number of aryl methyl sites for hydroxylation is 3. The molecule has 0 saturated heterocycles. The molecule has 0 atom stereocenters. The van der Waals surface area contributed by atoms with Crippen molar-refractivity contribution >= 4 is 67.9 Å². The van der Waals surface area contributed by atoms with Gasteiger partial charge >= 0.3 is 0 Å². The van der Waals surface area contributed by atoms with Crippen LogP contribution in [-0.2, 0) is 0 Å². The molecule has 0 N–H and O–H groups in total. The van der Waals surface area contributed by atoms with Gasteiger partial charge in [0.05, 0.1) is 20.9 Å². The third-order valence-electron chi connectivity index (χ3n) is 4.84. The number of carbonyl (C=O) groups excluding carboxylic acids is 1. The Morgan fingerprint density at radius 3 is 2.34 bits per heavy atom. The molecule has 9 heteroatoms. The largest absolute Gasteiger partial charge is 0.302 e. The van der Waals surface area contributed by atoms with Crippen LogP contribution in [0.5, 0.6) is 0 Å². The Labute approximate surface area is 191 Å². The monoisotopic (exact) mass is 472 g/mol. The van der Waals surface area contributed by atoms with Crippen LogP contribution in [0.4, 0.5) is 5.13 Å². The number of amides is 1. The number of carbonyl (C=O) groups is 1. The third-order valence-corrected chi connectivity index (χ3v) is 7.36. The molecule has 0 aliphatic heterocycles. The Morgan fingerprint density at radius 1 is 1.07 bits per heavy atom. The Morgan fingerprint density at radius 2 is 1.76 bits per heavy atom. The molecule has 0 fully saturated rings. The average Bonchev–Trinajstić information content (AvgIpc) is 3.24. The lowest BCUT2D eigenvalue weighted by Crippen LogP contribution is -2.38. The van der Waals surface area contributed by atoms with Gasteiger partial charge in [-0.1, -0.05) is 36.8 Å². The Balaban J connectivity index is 0.00000300. The number of benzene rings is 1. The fourth-order valence-corrected chi connectivity index (χ4v) is 5.19. The van der Waals surface area contributed by atoms with E-state index in [1.807, 2.05) is 32.9 Å². The highest BCUT2D eigenvalue weighted by Gasteiger charge is 2.25. The minimum atomic E-state index is -0.0296. The molecular formula is C20H26Cl2N4OS2. The van der Waals surface area contributed by atoms with Crippen LogP contribution in [-0.4, -0.2) is 47.0 Å². The summed E-state index contributed by atoms with van der Waals surface area (Å²) in [6.07, 6.45) is 0. The lowest BCUT2D eigenvalue weighted by molar-refractivity contribution is 0.0987. The van der Waals surface area contributed by atoms with Gasteiger partial charge in [-0.25, -0.2) is 9.97 Å². The Hall–Kier alpha value is -1.25. The van der Waals surface area contributed by atoms with Crippen molar-refractivity contribution in [2.24, 2.45) is 0 Å². The molecule has 0 saturated carbocycles. The zero-order valence-electron chi connectivity index (χ0n) is 17.3. The maximum absolute atomic E-state index is 13.4. The summed E-state index contributed by atoms with van der Waals surface area (Å²) >= 11 is 9.24. The van der Waals surface area contributed by atoms with Crippen LogP contribution in [0.2, 0.25) is 5.02 Å². The molecule has 3 rings (SSSR count). The predicted octanol–water partition coefficient (Wildman–Crippen LogP) is 5.74. The number of aromatic nitrogens is 2. The van der Waals surface area contributed by atoms with E-state index in [4.69, 9.17) is 16.6 Å². The highest BCUT2D eigenvalue weighted by atomic mass is 35.5. The summed E-state index contributed by atoms with van der Waals surface area (Å²) in [5.41, 5.74) is 2.59. The summed E-state index contributed by atoms with van der Waals surface area (Å²) < 4.78 is 1.04. The molecule has 29 heavy (non-hydrogen) atoms. The van der Waals surface area contributed by atoms with Gasteiger partial charge in [-0.05, 0) is 51.6 Å². The second kappa shape index (κ2) is 10.2. The predicted molar refractivity (Wildman–Crippen MR) is 128 cm³/mol. The van der Waals surface area contributed by atoms with Crippen LogP contribution < -0.4 is 4.90 Å². The molecule has 0 unspecified atom stereocenters. The maximum Gasteiger partial charge on any atom is 0.272 e. The molecule has 1 amide bonds. The number of rotatable bonds is 7. The zero-order valence-corrected chi connectivity index (χ0v) is 20.5. The smallest absolute Gasteiger partial charge is 0.272 e. The first kappa shape index (κ1) is 24.0. The number of thiazole rings is 2. The van der Waals surface area contributed by atoms with E-state index in [1.165, 1.54) is 22.7 Å². The minimum absolute atomic E-state index is 0. The van der Waals surface area contributed by atoms with E-state index in [9.17, 15) is 4.79 Å². The number of fused-ring (bicyclic) bond motifs is 1. The second-order valence-corrected chi connectivity index (χ2v) is 9.27. The summed E-state index contributed by atoms with van der Waals surface area (Å²) in [5.74, 6) is -0.0296. The van der Waals surface area contributed by atoms with Crippen LogP contribution in [0.25, 0.3) is 10.2 Å². The van der Waals surface area contributed by atoms with Gasteiger partial charge in [0, 0.05) is 18.1 Å². The van der Waals surface area contributed by atoms with Crippen molar-refractivity contribution in [3.05, 3.63) is 38.3 Å². The Bertz CT molecular complexity index is 998. The second-order valence-electron chi connectivity index (χ2n) is 6.65. The molecule has 0 bridgehead atoms. The summed E-state index contributed by atoms with van der Waals surface area (Å²) in [6.45, 7) is 13.3. The number of halogens is 2. The number of hydrogen-bond donors (Lipinski definition) is 0. The van der Waals surface area contributed by atoms with Crippen molar-refractivity contribution in [3.8, 4) is 0 Å². The van der Waals surface area contributed by atoms with Crippen LogP contribution in [0.1, 0.15) is 39.8 Å². The van der Waals surface area contributed by atoms with Gasteiger partial charge in [-0.3, -0.25) is 9.69 Å². The highest BCUT2D eigenvalue weighted by molar-refractivity contribution is 7.22. The molecule has 3 aromatic rings. The van der Waals surface area contributed by atoms with Crippen molar-refractivity contribution in [1.29, 1.82) is 0 Å². The molecule has 0 aliphatic carbocycles. The first-order valence-electron chi connectivity index (χ1n) is 9.39. The van der Waals surface area contributed by atoms with Crippen LogP contribution in [0, 0.1) is 20.8 Å². The van der Waals surface area contributed by atoms with E-state index in [-0.39, 0.29) is 18.3 Å². The van der Waals surface area contributed by atoms with Crippen molar-refractivity contribution in [3.63, 3.8) is 0 Å². The minimum Gasteiger partial charge on any atom is -0.302 e. The van der Waals surface area contributed by atoms with E-state index >= 15 is 0 Å². The molecule has 5 nitrogen and oxygen atoms in total. The molecule has 2 aromatic heterocycles. The van der Waals surface area contributed by atoms with Gasteiger partial charge in [-0.2, -0.15) is 0 Å². The summed E-state index contributed by atoms with van der Waals surface area (Å²) in [6, 6.07) is 3.86. The van der Waals surface area contributed by atoms with Gasteiger partial charge < -0.3 is 4.90 Å². The third kappa shape index (κ3) is 5.09. The van der Waals surface area contributed by atoms with E-state index in [0.29, 0.717) is 21.6 Å². The molecule has 0 radical (unpaired) electrons. The number of nitrogens with zero attached hydrogens (tertiary/aromatic N) is 4. The molecule has 0 aliphatic rings. The summed E-state index contributed by atoms with van der Waals surface area (Å²) in [4.78, 5) is 27.4. The molecule has 0 spiro atoms. The topological polar surface area (TPSA) is 49.3 Å². The molecule has 1 aromatic carbocycles. The molecular weight excluding hydrogens is 447 g/mol. The van der Waals surface area contributed by atoms with Crippen molar-refractivity contribution in [2.45, 2.75) is 34.6 Å². The average molecular weight is 473 g/mol. The summed E-state index contributed by atoms with van der Waals surface area (Å²) in [5, 5.41) is 2.30. The van der Waals surface area contributed by atoms with Crippen LogP contribution in [0.3, 0.4) is 0 Å². The number of hydrogen-bond acceptors (Lipinski definition) is 6. The van der Waals surface area contributed by atoms with Gasteiger partial charge in [0.15, 0.2) is 5.13 Å². The van der Waals surface area contributed by atoms with Crippen LogP contribution in [0.15, 0.2) is 12.1 Å². The van der Waals surface area contributed by atoms with Gasteiger partial charge in [-0.15, -0.1) is 23.7 Å². The lowest BCUT2D eigenvalue weighted by atomic mass is 10.2. The first-order valence-corrected chi connectivity index (χ1v) is 11.4. The van der Waals surface area contributed by atoms with Gasteiger partial charge in [0.25, 0.3) is 5.91 Å². The van der Waals surface area contributed by atoms with Crippen molar-refractivity contribution in [2.75, 3.05) is 31.1 Å². The number of anilines is 1. The van der Waals surface area contributed by atoms with Gasteiger partial charge in [0.2, 0.25) is 0 Å². The fourth-order valence-electron chi connectivity index (χ4n) is 3.12. The van der Waals surface area contributed by atoms with E-state index in [0.717, 1.165) is 46.1 Å². The fraction of sp³-hybridized carbons (Fsp3) is 0.450. The van der Waals surface area contributed by atoms with Crippen LogP contribution >= 0.6 is 46.7 Å². The standard InChI is InChI=1S/C20H25ClN4OS2.ClH/c1-6-24(7-2)10-11-25(19(26)18-13(4)22-14(5)27-18)20-23-17-12(3)15(21)8-9-16(17)28-20;/h8-9H,6-7,10-11H2,1-5H3;1H.